The van der Waals surface area contributed by atoms with Crippen molar-refractivity contribution in [2.45, 2.75) is 13.5 Å². The normalized spacial score (nSPS) is 11.0. The van der Waals surface area contributed by atoms with Gasteiger partial charge in [0.25, 0.3) is 0 Å². The average molecular weight is 435 g/mol. The lowest BCUT2D eigenvalue weighted by molar-refractivity contribution is 0.267. The molecule has 0 N–H and O–H groups in total. The Kier molecular flexibility index (Phi) is 6.83. The number of hydrogen-bond acceptors (Lipinski definition) is 4. The van der Waals surface area contributed by atoms with E-state index in [1.165, 1.54) is 0 Å². The summed E-state index contributed by atoms with van der Waals surface area (Å²) in [5, 5.41) is 9.52. The number of halogens is 1. The summed E-state index contributed by atoms with van der Waals surface area (Å²) < 4.78 is 12.6. The van der Waals surface area contributed by atoms with E-state index >= 15 is 0 Å². The van der Waals surface area contributed by atoms with Crippen molar-refractivity contribution in [3.63, 3.8) is 0 Å². The van der Waals surface area contributed by atoms with Crippen molar-refractivity contribution in [1.29, 1.82) is 5.26 Å². The van der Waals surface area contributed by atoms with Crippen LogP contribution in [0.25, 0.3) is 11.6 Å². The molecule has 0 fully saturated rings. The molecule has 0 radical (unpaired) electrons. The summed E-state index contributed by atoms with van der Waals surface area (Å²) in [6.07, 6.45) is 3.46. The molecular formula is C23H19BrN2O2. The predicted octanol–water partition coefficient (Wildman–Crippen LogP) is 5.89. The first-order valence-electron chi connectivity index (χ1n) is 8.87. The number of hydrogen-bond donors (Lipinski definition) is 0. The molecule has 0 saturated heterocycles. The van der Waals surface area contributed by atoms with E-state index in [-0.39, 0.29) is 0 Å². The van der Waals surface area contributed by atoms with Crippen molar-refractivity contribution in [1.82, 2.24) is 4.98 Å². The van der Waals surface area contributed by atoms with Crippen molar-refractivity contribution in [2.75, 3.05) is 6.61 Å². The van der Waals surface area contributed by atoms with Crippen molar-refractivity contribution in [3.8, 4) is 17.6 Å². The summed E-state index contributed by atoms with van der Waals surface area (Å²) in [4.78, 5) is 4.25. The second-order valence-electron chi connectivity index (χ2n) is 5.92. The number of allylic oxidation sites excluding steroid dienone is 1. The molecule has 0 bridgehead atoms. The monoisotopic (exact) mass is 434 g/mol. The van der Waals surface area contributed by atoms with Gasteiger partial charge in [-0.15, -0.1) is 0 Å². The smallest absolute Gasteiger partial charge is 0.175 e. The van der Waals surface area contributed by atoms with Gasteiger partial charge >= 0.3 is 0 Å². The van der Waals surface area contributed by atoms with Crippen LogP contribution in [-0.4, -0.2) is 11.6 Å². The van der Waals surface area contributed by atoms with Crippen LogP contribution in [0.1, 0.15) is 23.7 Å². The highest BCUT2D eigenvalue weighted by molar-refractivity contribution is 9.10. The Morgan fingerprint density at radius 3 is 2.57 bits per heavy atom. The minimum absolute atomic E-state index is 0.437. The van der Waals surface area contributed by atoms with Gasteiger partial charge < -0.3 is 9.47 Å². The third kappa shape index (κ3) is 4.99. The molecule has 0 atom stereocenters. The highest BCUT2D eigenvalue weighted by atomic mass is 79.9. The number of aromatic nitrogens is 1. The predicted molar refractivity (Wildman–Crippen MR) is 114 cm³/mol. The second kappa shape index (κ2) is 9.72. The summed E-state index contributed by atoms with van der Waals surface area (Å²) in [6.45, 7) is 2.87. The summed E-state index contributed by atoms with van der Waals surface area (Å²) in [5.41, 5.74) is 3.00. The Morgan fingerprint density at radius 1 is 1.11 bits per heavy atom. The first kappa shape index (κ1) is 19.7. The Hall–Kier alpha value is -3.10. The highest BCUT2D eigenvalue weighted by Gasteiger charge is 2.13. The van der Waals surface area contributed by atoms with E-state index in [2.05, 4.69) is 27.0 Å². The van der Waals surface area contributed by atoms with E-state index in [0.29, 0.717) is 36.0 Å². The maximum atomic E-state index is 9.52. The molecule has 4 nitrogen and oxygen atoms in total. The first-order chi connectivity index (χ1) is 13.7. The van der Waals surface area contributed by atoms with Crippen LogP contribution in [-0.2, 0) is 6.61 Å². The second-order valence-corrected chi connectivity index (χ2v) is 6.78. The van der Waals surface area contributed by atoms with Gasteiger partial charge in [-0.1, -0.05) is 36.4 Å². The van der Waals surface area contributed by atoms with Crippen LogP contribution in [0.5, 0.6) is 11.5 Å². The van der Waals surface area contributed by atoms with E-state index in [4.69, 9.17) is 9.47 Å². The van der Waals surface area contributed by atoms with Crippen LogP contribution >= 0.6 is 15.9 Å². The fraction of sp³-hybridized carbons (Fsp3) is 0.130. The molecule has 2 aromatic carbocycles. The molecule has 28 heavy (non-hydrogen) atoms. The molecule has 0 aliphatic heterocycles. The van der Waals surface area contributed by atoms with Crippen LogP contribution in [0.4, 0.5) is 0 Å². The van der Waals surface area contributed by atoms with E-state index < -0.39 is 0 Å². The zero-order chi connectivity index (χ0) is 19.8. The Balaban J connectivity index is 1.92. The van der Waals surface area contributed by atoms with Crippen LogP contribution in [0.3, 0.4) is 0 Å². The number of nitrogens with zero attached hydrogens (tertiary/aromatic N) is 2. The van der Waals surface area contributed by atoms with E-state index in [0.717, 1.165) is 15.6 Å². The minimum atomic E-state index is 0.437. The van der Waals surface area contributed by atoms with Crippen LogP contribution in [0.15, 0.2) is 71.3 Å². The molecule has 140 valence electrons. The van der Waals surface area contributed by atoms with Crippen molar-refractivity contribution >= 4 is 27.6 Å². The Labute approximate surface area is 173 Å². The SMILES string of the molecule is CCOc1cc(/C=C(\C#N)c2ccccn2)cc(Br)c1OCc1ccccc1. The maximum Gasteiger partial charge on any atom is 0.175 e. The first-order valence-corrected chi connectivity index (χ1v) is 9.67. The zero-order valence-corrected chi connectivity index (χ0v) is 17.0. The van der Waals surface area contributed by atoms with Gasteiger partial charge in [-0.2, -0.15) is 5.26 Å². The van der Waals surface area contributed by atoms with Crippen molar-refractivity contribution in [3.05, 3.63) is 88.2 Å². The molecule has 0 saturated carbocycles. The summed E-state index contributed by atoms with van der Waals surface area (Å²) in [7, 11) is 0. The number of rotatable bonds is 7. The topological polar surface area (TPSA) is 55.1 Å². The molecule has 1 heterocycles. The number of nitriles is 1. The lowest BCUT2D eigenvalue weighted by Crippen LogP contribution is -2.01. The Bertz CT molecular complexity index is 996. The maximum absolute atomic E-state index is 9.52. The molecule has 5 heteroatoms. The lowest BCUT2D eigenvalue weighted by atomic mass is 10.1. The molecule has 0 aliphatic carbocycles. The van der Waals surface area contributed by atoms with Gasteiger partial charge in [-0.05, 0) is 64.3 Å². The molecule has 3 aromatic rings. The summed E-state index contributed by atoms with van der Waals surface area (Å²) in [5.74, 6) is 1.26. The zero-order valence-electron chi connectivity index (χ0n) is 15.4. The summed E-state index contributed by atoms with van der Waals surface area (Å²) >= 11 is 3.58. The molecule has 3 rings (SSSR count). The van der Waals surface area contributed by atoms with E-state index in [1.807, 2.05) is 67.6 Å². The van der Waals surface area contributed by atoms with Gasteiger partial charge in [-0.3, -0.25) is 4.98 Å². The molecule has 0 spiro atoms. The van der Waals surface area contributed by atoms with Crippen LogP contribution < -0.4 is 9.47 Å². The molecule has 0 aliphatic rings. The minimum Gasteiger partial charge on any atom is -0.490 e. The van der Waals surface area contributed by atoms with Crippen LogP contribution in [0, 0.1) is 11.3 Å². The van der Waals surface area contributed by atoms with Crippen molar-refractivity contribution in [2.24, 2.45) is 0 Å². The van der Waals surface area contributed by atoms with Gasteiger partial charge in [0.2, 0.25) is 0 Å². The van der Waals surface area contributed by atoms with Gasteiger partial charge in [-0.25, -0.2) is 0 Å². The fourth-order valence-electron chi connectivity index (χ4n) is 2.66. The average Bonchev–Trinajstić information content (AvgIpc) is 2.73. The molecule has 1 aromatic heterocycles. The molecule has 0 amide bonds. The third-order valence-corrected chi connectivity index (χ3v) is 4.52. The van der Waals surface area contributed by atoms with Crippen molar-refractivity contribution < 1.29 is 9.47 Å². The van der Waals surface area contributed by atoms with Gasteiger partial charge in [0.05, 0.1) is 22.3 Å². The number of ether oxygens (including phenoxy) is 2. The summed E-state index contributed by atoms with van der Waals surface area (Å²) in [6, 6.07) is 21.4. The van der Waals surface area contributed by atoms with E-state index in [1.54, 1.807) is 12.3 Å². The van der Waals surface area contributed by atoms with E-state index in [9.17, 15) is 5.26 Å². The van der Waals surface area contributed by atoms with Gasteiger partial charge in [0.1, 0.15) is 12.7 Å². The molecule has 0 unspecified atom stereocenters. The highest BCUT2D eigenvalue weighted by Crippen LogP contribution is 2.38. The van der Waals surface area contributed by atoms with Gasteiger partial charge in [0, 0.05) is 6.20 Å². The lowest BCUT2D eigenvalue weighted by Gasteiger charge is -2.15. The third-order valence-electron chi connectivity index (χ3n) is 3.93. The standard InChI is InChI=1S/C23H19BrN2O2/c1-2-27-22-14-18(12-19(15-25)21-10-6-7-11-26-21)13-20(24)23(22)28-16-17-8-4-3-5-9-17/h3-14H,2,16H2,1H3/b19-12+. The quantitative estimate of drug-likeness (QED) is 0.435. The number of pyridine rings is 1. The molecular weight excluding hydrogens is 416 g/mol. The van der Waals surface area contributed by atoms with Crippen LogP contribution in [0.2, 0.25) is 0 Å². The fourth-order valence-corrected chi connectivity index (χ4v) is 3.23. The number of benzene rings is 2. The largest absolute Gasteiger partial charge is 0.490 e. The van der Waals surface area contributed by atoms with Gasteiger partial charge in [0.15, 0.2) is 11.5 Å². The Morgan fingerprint density at radius 2 is 1.89 bits per heavy atom.